The van der Waals surface area contributed by atoms with Crippen LogP contribution in [0, 0.1) is 11.6 Å². The van der Waals surface area contributed by atoms with Gasteiger partial charge in [0.1, 0.15) is 18.2 Å². The summed E-state index contributed by atoms with van der Waals surface area (Å²) in [5.74, 6) is -1.82. The Morgan fingerprint density at radius 1 is 1.12 bits per heavy atom. The average Bonchev–Trinajstić information content (AvgIpc) is 2.95. The maximum Gasteiger partial charge on any atom is 0.325 e. The van der Waals surface area contributed by atoms with Gasteiger partial charge in [0.05, 0.1) is 0 Å². The van der Waals surface area contributed by atoms with Crippen LogP contribution in [0.1, 0.15) is 5.56 Å². The Bertz CT molecular complexity index is 830. The van der Waals surface area contributed by atoms with Crippen molar-refractivity contribution < 1.29 is 18.4 Å². The van der Waals surface area contributed by atoms with E-state index < -0.39 is 17.5 Å². The van der Waals surface area contributed by atoms with Gasteiger partial charge in [-0.05, 0) is 30.3 Å². The lowest BCUT2D eigenvalue weighted by Crippen LogP contribution is -2.39. The van der Waals surface area contributed by atoms with Gasteiger partial charge in [0, 0.05) is 42.0 Å². The third-order valence-corrected chi connectivity index (χ3v) is 4.31. The minimum atomic E-state index is -0.725. The average molecular weight is 380 g/mol. The molecule has 8 heteroatoms. The van der Waals surface area contributed by atoms with E-state index in [9.17, 15) is 18.4 Å². The summed E-state index contributed by atoms with van der Waals surface area (Å²) in [6.07, 6.45) is 0. The number of anilines is 1. The molecule has 1 saturated heterocycles. The molecule has 0 bridgehead atoms. The summed E-state index contributed by atoms with van der Waals surface area (Å²) >= 11 is 5.84. The van der Waals surface area contributed by atoms with E-state index in [1.165, 1.54) is 11.0 Å². The van der Waals surface area contributed by atoms with Crippen LogP contribution in [-0.4, -0.2) is 36.5 Å². The van der Waals surface area contributed by atoms with Gasteiger partial charge >= 0.3 is 6.03 Å². The minimum absolute atomic E-state index is 0.0755. The van der Waals surface area contributed by atoms with Crippen molar-refractivity contribution in [2.45, 2.75) is 6.54 Å². The second kappa shape index (κ2) is 7.70. The third-order valence-electron chi connectivity index (χ3n) is 4.06. The monoisotopic (exact) mass is 379 g/mol. The Hall–Kier alpha value is -2.67. The Morgan fingerprint density at radius 3 is 2.54 bits per heavy atom. The SMILES string of the molecule is O=C(CN1CCN(c2ccc(Cl)cc2)C1=O)NCc1ccc(F)cc1F. The van der Waals surface area contributed by atoms with Crippen molar-refractivity contribution in [3.8, 4) is 0 Å². The highest BCUT2D eigenvalue weighted by molar-refractivity contribution is 6.30. The fourth-order valence-corrected chi connectivity index (χ4v) is 2.80. The van der Waals surface area contributed by atoms with Crippen molar-refractivity contribution in [1.82, 2.24) is 10.2 Å². The van der Waals surface area contributed by atoms with E-state index in [-0.39, 0.29) is 24.7 Å². The molecule has 1 aliphatic rings. The Morgan fingerprint density at radius 2 is 1.85 bits per heavy atom. The molecule has 1 aliphatic heterocycles. The number of carbonyl (C=O) groups excluding carboxylic acids is 2. The first-order chi connectivity index (χ1) is 12.4. The molecule has 0 aromatic heterocycles. The zero-order valence-corrected chi connectivity index (χ0v) is 14.5. The van der Waals surface area contributed by atoms with Crippen LogP contribution in [-0.2, 0) is 11.3 Å². The van der Waals surface area contributed by atoms with Gasteiger partial charge < -0.3 is 10.2 Å². The number of amides is 3. The van der Waals surface area contributed by atoms with Crippen molar-refractivity contribution in [2.75, 3.05) is 24.5 Å². The molecule has 2 aromatic rings. The van der Waals surface area contributed by atoms with Crippen LogP contribution in [0.3, 0.4) is 0 Å². The van der Waals surface area contributed by atoms with Crippen LogP contribution in [0.25, 0.3) is 0 Å². The first-order valence-electron chi connectivity index (χ1n) is 7.96. The van der Waals surface area contributed by atoms with Crippen molar-refractivity contribution in [3.63, 3.8) is 0 Å². The van der Waals surface area contributed by atoms with Gasteiger partial charge in [-0.15, -0.1) is 0 Å². The zero-order valence-electron chi connectivity index (χ0n) is 13.7. The largest absolute Gasteiger partial charge is 0.350 e. The number of hydrogen-bond donors (Lipinski definition) is 1. The zero-order chi connectivity index (χ0) is 18.7. The van der Waals surface area contributed by atoms with Gasteiger partial charge in [0.2, 0.25) is 5.91 Å². The van der Waals surface area contributed by atoms with Gasteiger partial charge in [0.15, 0.2) is 0 Å². The molecule has 0 spiro atoms. The molecule has 0 aliphatic carbocycles. The molecule has 1 fully saturated rings. The number of benzene rings is 2. The Kier molecular flexibility index (Phi) is 5.37. The molecule has 26 heavy (non-hydrogen) atoms. The van der Waals surface area contributed by atoms with E-state index in [0.29, 0.717) is 23.8 Å². The van der Waals surface area contributed by atoms with E-state index in [4.69, 9.17) is 11.6 Å². The molecule has 1 N–H and O–H groups in total. The maximum atomic E-state index is 13.6. The summed E-state index contributed by atoms with van der Waals surface area (Å²) in [5.41, 5.74) is 0.881. The molecule has 0 unspecified atom stereocenters. The van der Waals surface area contributed by atoms with Crippen LogP contribution >= 0.6 is 11.6 Å². The van der Waals surface area contributed by atoms with Crippen molar-refractivity contribution in [1.29, 1.82) is 0 Å². The summed E-state index contributed by atoms with van der Waals surface area (Å²) in [4.78, 5) is 27.4. The first-order valence-corrected chi connectivity index (χ1v) is 8.34. The van der Waals surface area contributed by atoms with Crippen LogP contribution in [0.4, 0.5) is 19.3 Å². The molecular weight excluding hydrogens is 364 g/mol. The van der Waals surface area contributed by atoms with E-state index in [1.54, 1.807) is 29.2 Å². The van der Waals surface area contributed by atoms with E-state index in [1.807, 2.05) is 0 Å². The summed E-state index contributed by atoms with van der Waals surface area (Å²) < 4.78 is 26.4. The minimum Gasteiger partial charge on any atom is -0.350 e. The number of nitrogens with zero attached hydrogens (tertiary/aromatic N) is 2. The molecule has 0 radical (unpaired) electrons. The summed E-state index contributed by atoms with van der Waals surface area (Å²) in [6.45, 7) is 0.653. The highest BCUT2D eigenvalue weighted by Gasteiger charge is 2.30. The number of halogens is 3. The van der Waals surface area contributed by atoms with Crippen LogP contribution < -0.4 is 10.2 Å². The normalized spacial score (nSPS) is 14.0. The lowest BCUT2D eigenvalue weighted by molar-refractivity contribution is -0.121. The van der Waals surface area contributed by atoms with Crippen molar-refractivity contribution in [3.05, 3.63) is 64.7 Å². The van der Waals surface area contributed by atoms with Gasteiger partial charge in [-0.2, -0.15) is 0 Å². The van der Waals surface area contributed by atoms with E-state index in [0.717, 1.165) is 12.1 Å². The molecule has 2 aromatic carbocycles. The fourth-order valence-electron chi connectivity index (χ4n) is 2.68. The number of urea groups is 1. The number of nitrogens with one attached hydrogen (secondary N) is 1. The Balaban J connectivity index is 1.54. The molecule has 5 nitrogen and oxygen atoms in total. The molecule has 0 atom stereocenters. The summed E-state index contributed by atoms with van der Waals surface area (Å²) in [5, 5.41) is 3.11. The second-order valence-electron chi connectivity index (χ2n) is 5.84. The van der Waals surface area contributed by atoms with Crippen LogP contribution in [0.5, 0.6) is 0 Å². The third kappa shape index (κ3) is 4.11. The predicted octanol–water partition coefficient (Wildman–Crippen LogP) is 3.18. The molecular formula is C18H16ClF2N3O2. The van der Waals surface area contributed by atoms with Crippen LogP contribution in [0.2, 0.25) is 5.02 Å². The predicted molar refractivity (Wildman–Crippen MR) is 94.0 cm³/mol. The topological polar surface area (TPSA) is 52.7 Å². The molecule has 3 rings (SSSR count). The van der Waals surface area contributed by atoms with Gasteiger partial charge in [-0.1, -0.05) is 17.7 Å². The standard InChI is InChI=1S/C18H16ClF2N3O2/c19-13-2-5-15(6-3-13)24-8-7-23(18(24)26)11-17(25)22-10-12-1-4-14(20)9-16(12)21/h1-6,9H,7-8,10-11H2,(H,22,25). The molecule has 136 valence electrons. The lowest BCUT2D eigenvalue weighted by Gasteiger charge is -2.18. The van der Waals surface area contributed by atoms with E-state index >= 15 is 0 Å². The second-order valence-corrected chi connectivity index (χ2v) is 6.28. The Labute approximate surface area is 154 Å². The number of rotatable bonds is 5. The van der Waals surface area contributed by atoms with Gasteiger partial charge in [0.25, 0.3) is 0 Å². The van der Waals surface area contributed by atoms with E-state index in [2.05, 4.69) is 5.32 Å². The molecule has 0 saturated carbocycles. The number of carbonyl (C=O) groups is 2. The fraction of sp³-hybridized carbons (Fsp3) is 0.222. The number of hydrogen-bond acceptors (Lipinski definition) is 2. The smallest absolute Gasteiger partial charge is 0.325 e. The summed E-state index contributed by atoms with van der Waals surface area (Å²) in [7, 11) is 0. The quantitative estimate of drug-likeness (QED) is 0.867. The van der Waals surface area contributed by atoms with Crippen molar-refractivity contribution >= 4 is 29.2 Å². The highest BCUT2D eigenvalue weighted by atomic mass is 35.5. The van der Waals surface area contributed by atoms with Gasteiger partial charge in [-0.3, -0.25) is 9.69 Å². The molecule has 1 heterocycles. The van der Waals surface area contributed by atoms with Crippen LogP contribution in [0.15, 0.2) is 42.5 Å². The molecule has 3 amide bonds. The first kappa shape index (κ1) is 18.1. The van der Waals surface area contributed by atoms with Gasteiger partial charge in [-0.25, -0.2) is 13.6 Å². The maximum absolute atomic E-state index is 13.6. The lowest BCUT2D eigenvalue weighted by atomic mass is 10.2. The summed E-state index contributed by atoms with van der Waals surface area (Å²) in [6, 6.07) is 9.73. The van der Waals surface area contributed by atoms with Crippen molar-refractivity contribution in [2.24, 2.45) is 0 Å². The highest BCUT2D eigenvalue weighted by Crippen LogP contribution is 2.22.